The van der Waals surface area contributed by atoms with Crippen molar-refractivity contribution in [1.29, 1.82) is 0 Å². The van der Waals surface area contributed by atoms with Crippen molar-refractivity contribution in [2.24, 2.45) is 17.8 Å². The molecule has 2 saturated carbocycles. The van der Waals surface area contributed by atoms with E-state index in [0.717, 1.165) is 37.7 Å². The van der Waals surface area contributed by atoms with Crippen LogP contribution in [0, 0.1) is 17.8 Å². The average Bonchev–Trinajstić information content (AvgIpc) is 3.04. The Hall–Kier alpha value is -1.35. The predicted molar refractivity (Wildman–Crippen MR) is 79.4 cm³/mol. The highest BCUT2D eigenvalue weighted by Gasteiger charge is 2.44. The molecule has 0 aromatic heterocycles. The lowest BCUT2D eigenvalue weighted by molar-refractivity contribution is -0.123. The van der Waals surface area contributed by atoms with Crippen LogP contribution in [-0.4, -0.2) is 19.0 Å². The molecule has 3 heteroatoms. The molecule has 3 unspecified atom stereocenters. The van der Waals surface area contributed by atoms with E-state index in [1.165, 1.54) is 24.8 Å². The van der Waals surface area contributed by atoms with Crippen LogP contribution in [0.15, 0.2) is 24.3 Å². The second-order valence-corrected chi connectivity index (χ2v) is 6.58. The third-order valence-electron chi connectivity index (χ3n) is 5.43. The first-order chi connectivity index (χ1) is 9.83. The third kappa shape index (κ3) is 1.96. The maximum absolute atomic E-state index is 13.0. The van der Waals surface area contributed by atoms with E-state index >= 15 is 0 Å². The van der Waals surface area contributed by atoms with Crippen molar-refractivity contribution < 1.29 is 4.79 Å². The van der Waals surface area contributed by atoms with E-state index in [9.17, 15) is 4.79 Å². The van der Waals surface area contributed by atoms with Crippen molar-refractivity contribution in [2.75, 3.05) is 18.0 Å². The van der Waals surface area contributed by atoms with Gasteiger partial charge in [0.05, 0.1) is 0 Å². The zero-order valence-corrected chi connectivity index (χ0v) is 11.8. The van der Waals surface area contributed by atoms with Gasteiger partial charge < -0.3 is 10.2 Å². The molecule has 1 aromatic rings. The summed E-state index contributed by atoms with van der Waals surface area (Å²) in [7, 11) is 0. The third-order valence-corrected chi connectivity index (χ3v) is 5.43. The number of carbonyl (C=O) groups excluding carboxylic acids is 1. The van der Waals surface area contributed by atoms with E-state index in [0.29, 0.717) is 17.7 Å². The largest absolute Gasteiger partial charge is 0.311 e. The van der Waals surface area contributed by atoms with Gasteiger partial charge in [-0.15, -0.1) is 0 Å². The van der Waals surface area contributed by atoms with E-state index in [1.807, 2.05) is 6.07 Å². The van der Waals surface area contributed by atoms with Gasteiger partial charge in [-0.3, -0.25) is 4.79 Å². The van der Waals surface area contributed by atoms with Crippen LogP contribution in [0.4, 0.5) is 5.69 Å². The maximum atomic E-state index is 13.0. The molecular weight excluding hydrogens is 248 g/mol. The highest BCUT2D eigenvalue weighted by atomic mass is 16.2. The van der Waals surface area contributed by atoms with Crippen LogP contribution < -0.4 is 10.2 Å². The number of benzene rings is 1. The number of nitrogens with zero attached hydrogens (tertiary/aromatic N) is 1. The number of carbonyl (C=O) groups is 1. The lowest BCUT2D eigenvalue weighted by atomic mass is 9.87. The lowest BCUT2D eigenvalue weighted by Crippen LogP contribution is -2.40. The van der Waals surface area contributed by atoms with Gasteiger partial charge in [0.2, 0.25) is 5.91 Å². The minimum absolute atomic E-state index is 0.292. The number of rotatable bonds is 1. The fourth-order valence-electron chi connectivity index (χ4n) is 4.43. The first-order valence-electron chi connectivity index (χ1n) is 7.93. The van der Waals surface area contributed by atoms with Crippen LogP contribution in [-0.2, 0) is 11.3 Å². The van der Waals surface area contributed by atoms with Crippen molar-refractivity contribution in [3.05, 3.63) is 29.8 Å². The van der Waals surface area contributed by atoms with Gasteiger partial charge in [-0.1, -0.05) is 24.6 Å². The number of hydrogen-bond donors (Lipinski definition) is 1. The number of anilines is 1. The first kappa shape index (κ1) is 12.4. The molecular formula is C17H22N2O. The fraction of sp³-hybridized carbons (Fsp3) is 0.588. The Morgan fingerprint density at radius 3 is 2.90 bits per heavy atom. The second-order valence-electron chi connectivity index (χ2n) is 6.58. The van der Waals surface area contributed by atoms with Crippen LogP contribution in [0.2, 0.25) is 0 Å². The summed E-state index contributed by atoms with van der Waals surface area (Å²) < 4.78 is 0. The van der Waals surface area contributed by atoms with Crippen molar-refractivity contribution in [1.82, 2.24) is 5.32 Å². The van der Waals surface area contributed by atoms with Gasteiger partial charge in [-0.25, -0.2) is 0 Å². The standard InChI is InChI=1S/C17H22N2O/c20-17(15-10-12-5-6-13(15)9-12)19-8-7-18-11-14-3-1-2-4-16(14)19/h1-4,12-13,15,18H,5-11H2. The van der Waals surface area contributed by atoms with E-state index in [-0.39, 0.29) is 0 Å². The van der Waals surface area contributed by atoms with Gasteiger partial charge in [-0.2, -0.15) is 0 Å². The minimum Gasteiger partial charge on any atom is -0.311 e. The molecule has 0 radical (unpaired) electrons. The Kier molecular flexibility index (Phi) is 3.03. The van der Waals surface area contributed by atoms with Crippen LogP contribution in [0.5, 0.6) is 0 Å². The van der Waals surface area contributed by atoms with Gasteiger partial charge in [0.1, 0.15) is 0 Å². The van der Waals surface area contributed by atoms with Gasteiger partial charge in [0, 0.05) is 31.2 Å². The molecule has 1 aromatic carbocycles. The van der Waals surface area contributed by atoms with E-state index < -0.39 is 0 Å². The quantitative estimate of drug-likeness (QED) is 0.850. The van der Waals surface area contributed by atoms with Gasteiger partial charge >= 0.3 is 0 Å². The summed E-state index contributed by atoms with van der Waals surface area (Å²) >= 11 is 0. The average molecular weight is 270 g/mol. The van der Waals surface area contributed by atoms with Gasteiger partial charge in [-0.05, 0) is 42.7 Å². The predicted octanol–water partition coefficient (Wildman–Crippen LogP) is 2.56. The van der Waals surface area contributed by atoms with Gasteiger partial charge in [0.25, 0.3) is 0 Å². The molecule has 1 heterocycles. The highest BCUT2D eigenvalue weighted by Crippen LogP contribution is 2.49. The molecule has 106 valence electrons. The smallest absolute Gasteiger partial charge is 0.230 e. The number of hydrogen-bond acceptors (Lipinski definition) is 2. The first-order valence-corrected chi connectivity index (χ1v) is 7.93. The normalized spacial score (nSPS) is 32.0. The van der Waals surface area contributed by atoms with Crippen molar-refractivity contribution in [3.8, 4) is 0 Å². The monoisotopic (exact) mass is 270 g/mol. The van der Waals surface area contributed by atoms with Crippen molar-refractivity contribution >= 4 is 11.6 Å². The Balaban J connectivity index is 1.63. The topological polar surface area (TPSA) is 32.3 Å². The summed E-state index contributed by atoms with van der Waals surface area (Å²) in [6.45, 7) is 2.57. The minimum atomic E-state index is 0.292. The Labute approximate surface area is 120 Å². The molecule has 4 rings (SSSR count). The molecule has 3 aliphatic rings. The van der Waals surface area contributed by atoms with Crippen LogP contribution in [0.3, 0.4) is 0 Å². The molecule has 2 aliphatic carbocycles. The zero-order chi connectivity index (χ0) is 13.5. The zero-order valence-electron chi connectivity index (χ0n) is 11.8. The molecule has 0 spiro atoms. The van der Waals surface area contributed by atoms with E-state index in [1.54, 1.807) is 0 Å². The number of amides is 1. The SMILES string of the molecule is O=C(C1CC2CCC1C2)N1CCNCc2ccccc21. The molecule has 1 N–H and O–H groups in total. The molecule has 2 fully saturated rings. The van der Waals surface area contributed by atoms with E-state index in [2.05, 4.69) is 28.4 Å². The van der Waals surface area contributed by atoms with Crippen molar-refractivity contribution in [2.45, 2.75) is 32.2 Å². The number of para-hydroxylation sites is 1. The van der Waals surface area contributed by atoms with Crippen molar-refractivity contribution in [3.63, 3.8) is 0 Å². The summed E-state index contributed by atoms with van der Waals surface area (Å²) in [5.41, 5.74) is 2.38. The summed E-state index contributed by atoms with van der Waals surface area (Å²) in [6, 6.07) is 8.35. The lowest BCUT2D eigenvalue weighted by Gasteiger charge is -2.29. The molecule has 1 aliphatic heterocycles. The summed E-state index contributed by atoms with van der Waals surface area (Å²) in [5, 5.41) is 3.42. The van der Waals surface area contributed by atoms with E-state index in [4.69, 9.17) is 0 Å². The van der Waals surface area contributed by atoms with Crippen LogP contribution in [0.1, 0.15) is 31.2 Å². The molecule has 0 saturated heterocycles. The molecule has 1 amide bonds. The highest BCUT2D eigenvalue weighted by molar-refractivity contribution is 5.96. The second kappa shape index (κ2) is 4.88. The molecule has 3 nitrogen and oxygen atoms in total. The molecule has 2 bridgehead atoms. The molecule has 20 heavy (non-hydrogen) atoms. The number of fused-ring (bicyclic) bond motifs is 3. The summed E-state index contributed by atoms with van der Waals surface area (Å²) in [6.07, 6.45) is 5.06. The maximum Gasteiger partial charge on any atom is 0.230 e. The Bertz CT molecular complexity index is 527. The Morgan fingerprint density at radius 2 is 2.10 bits per heavy atom. The fourth-order valence-corrected chi connectivity index (χ4v) is 4.43. The Morgan fingerprint density at radius 1 is 1.20 bits per heavy atom. The summed E-state index contributed by atoms with van der Waals surface area (Å²) in [5.74, 6) is 2.17. The summed E-state index contributed by atoms with van der Waals surface area (Å²) in [4.78, 5) is 15.1. The van der Waals surface area contributed by atoms with Gasteiger partial charge in [0.15, 0.2) is 0 Å². The van der Waals surface area contributed by atoms with Crippen LogP contribution >= 0.6 is 0 Å². The van der Waals surface area contributed by atoms with Crippen LogP contribution in [0.25, 0.3) is 0 Å². The molecule has 3 atom stereocenters. The number of nitrogens with one attached hydrogen (secondary N) is 1.